The van der Waals surface area contributed by atoms with Crippen molar-refractivity contribution in [3.63, 3.8) is 0 Å². The smallest absolute Gasteiger partial charge is 0.433 e. The summed E-state index contributed by atoms with van der Waals surface area (Å²) in [5.74, 6) is 1.16. The van der Waals surface area contributed by atoms with Gasteiger partial charge in [-0.2, -0.15) is 13.2 Å². The molecule has 0 fully saturated rings. The Balaban J connectivity index is 1.43. The van der Waals surface area contributed by atoms with Gasteiger partial charge in [-0.1, -0.05) is 35.0 Å². The highest BCUT2D eigenvalue weighted by Crippen LogP contribution is 2.31. The van der Waals surface area contributed by atoms with Crippen LogP contribution in [0.2, 0.25) is 5.02 Å². The van der Waals surface area contributed by atoms with Crippen LogP contribution in [0.4, 0.5) is 18.9 Å². The van der Waals surface area contributed by atoms with E-state index in [1.54, 1.807) is 24.4 Å². The van der Waals surface area contributed by atoms with Crippen molar-refractivity contribution >= 4 is 17.3 Å². The zero-order valence-corrected chi connectivity index (χ0v) is 16.6. The molecule has 0 aliphatic heterocycles. The summed E-state index contributed by atoms with van der Waals surface area (Å²) in [5.41, 5.74) is 0.509. The molecule has 0 radical (unpaired) electrons. The van der Waals surface area contributed by atoms with Gasteiger partial charge in [0, 0.05) is 11.9 Å². The average molecular weight is 446 g/mol. The Morgan fingerprint density at radius 3 is 2.58 bits per heavy atom. The summed E-state index contributed by atoms with van der Waals surface area (Å²) >= 11 is 6.33. The zero-order valence-electron chi connectivity index (χ0n) is 15.8. The van der Waals surface area contributed by atoms with Gasteiger partial charge in [-0.05, 0) is 42.5 Å². The minimum atomic E-state index is -4.50. The van der Waals surface area contributed by atoms with E-state index in [0.717, 1.165) is 12.3 Å². The van der Waals surface area contributed by atoms with E-state index in [-0.39, 0.29) is 12.2 Å². The lowest BCUT2D eigenvalue weighted by atomic mass is 10.3. The molecule has 6 nitrogen and oxygen atoms in total. The predicted molar refractivity (Wildman–Crippen MR) is 109 cm³/mol. The number of pyridine rings is 1. The van der Waals surface area contributed by atoms with Crippen molar-refractivity contribution in [1.82, 2.24) is 20.0 Å². The molecule has 158 valence electrons. The summed E-state index contributed by atoms with van der Waals surface area (Å²) < 4.78 is 45.6. The fourth-order valence-electron chi connectivity index (χ4n) is 2.72. The first kappa shape index (κ1) is 20.7. The van der Waals surface area contributed by atoms with E-state index in [2.05, 4.69) is 20.6 Å². The second-order valence-electron chi connectivity index (χ2n) is 6.47. The lowest BCUT2D eigenvalue weighted by Crippen LogP contribution is -2.09. The molecule has 0 bridgehead atoms. The number of ether oxygens (including phenoxy) is 1. The second-order valence-corrected chi connectivity index (χ2v) is 6.87. The second kappa shape index (κ2) is 8.65. The summed E-state index contributed by atoms with van der Waals surface area (Å²) in [7, 11) is 0. The first-order valence-electron chi connectivity index (χ1n) is 9.10. The minimum absolute atomic E-state index is 0.185. The molecule has 10 heteroatoms. The molecule has 0 saturated heterocycles. The number of alkyl halides is 3. The molecule has 2 aromatic carbocycles. The maximum absolute atomic E-state index is 12.8. The molecular weight excluding hydrogens is 431 g/mol. The van der Waals surface area contributed by atoms with Crippen molar-refractivity contribution in [2.24, 2.45) is 0 Å². The Kier molecular flexibility index (Phi) is 5.77. The first-order chi connectivity index (χ1) is 14.9. The number of halogens is 4. The lowest BCUT2D eigenvalue weighted by molar-refractivity contribution is -0.141. The van der Waals surface area contributed by atoms with Crippen LogP contribution in [-0.2, 0) is 12.7 Å². The summed E-state index contributed by atoms with van der Waals surface area (Å²) in [4.78, 5) is 3.33. The van der Waals surface area contributed by atoms with Crippen LogP contribution >= 0.6 is 11.6 Å². The monoisotopic (exact) mass is 445 g/mol. The van der Waals surface area contributed by atoms with Gasteiger partial charge in [0.1, 0.15) is 22.9 Å². The number of para-hydroxylation sites is 1. The van der Waals surface area contributed by atoms with E-state index in [1.165, 1.54) is 10.7 Å². The van der Waals surface area contributed by atoms with E-state index < -0.39 is 11.9 Å². The van der Waals surface area contributed by atoms with Crippen molar-refractivity contribution < 1.29 is 17.9 Å². The standard InChI is InChI=1S/C21H15ClF3N5O/c22-18-11-16(6-7-19(18)31-17-4-2-1-3-5-17)30-13-15(28-29-30)12-27-14-8-9-26-20(10-14)21(23,24)25/h1-11,13H,12H2,(H,26,27). The van der Waals surface area contributed by atoms with Gasteiger partial charge < -0.3 is 10.1 Å². The lowest BCUT2D eigenvalue weighted by Gasteiger charge is -2.09. The van der Waals surface area contributed by atoms with Crippen LogP contribution in [0.3, 0.4) is 0 Å². The van der Waals surface area contributed by atoms with Gasteiger partial charge >= 0.3 is 6.18 Å². The first-order valence-corrected chi connectivity index (χ1v) is 9.47. The van der Waals surface area contributed by atoms with E-state index in [4.69, 9.17) is 16.3 Å². The molecule has 0 atom stereocenters. The number of aromatic nitrogens is 4. The molecule has 0 amide bonds. The molecule has 2 heterocycles. The molecule has 0 spiro atoms. The van der Waals surface area contributed by atoms with E-state index in [1.807, 2.05) is 30.3 Å². The normalized spacial score (nSPS) is 11.4. The molecule has 4 rings (SSSR count). The number of nitrogens with zero attached hydrogens (tertiary/aromatic N) is 4. The van der Waals surface area contributed by atoms with Gasteiger partial charge in [-0.25, -0.2) is 4.68 Å². The molecule has 31 heavy (non-hydrogen) atoms. The van der Waals surface area contributed by atoms with Crippen LogP contribution in [0.25, 0.3) is 5.69 Å². The van der Waals surface area contributed by atoms with Crippen molar-refractivity contribution in [2.45, 2.75) is 12.7 Å². The van der Waals surface area contributed by atoms with Crippen LogP contribution in [0.15, 0.2) is 73.1 Å². The van der Waals surface area contributed by atoms with Gasteiger partial charge in [0.25, 0.3) is 0 Å². The fraction of sp³-hybridized carbons (Fsp3) is 0.0952. The number of benzene rings is 2. The Morgan fingerprint density at radius 1 is 1.03 bits per heavy atom. The summed E-state index contributed by atoms with van der Waals surface area (Å²) in [6.45, 7) is 0.185. The van der Waals surface area contributed by atoms with Gasteiger partial charge in [-0.15, -0.1) is 5.10 Å². The maximum atomic E-state index is 12.8. The molecule has 0 aliphatic rings. The van der Waals surface area contributed by atoms with Crippen LogP contribution in [-0.4, -0.2) is 20.0 Å². The molecule has 4 aromatic rings. The topological polar surface area (TPSA) is 64.9 Å². The zero-order chi connectivity index (χ0) is 21.8. The molecule has 0 saturated carbocycles. The average Bonchev–Trinajstić information content (AvgIpc) is 3.23. The van der Waals surface area contributed by atoms with Crippen LogP contribution in [0.5, 0.6) is 11.5 Å². The van der Waals surface area contributed by atoms with Crippen LogP contribution < -0.4 is 10.1 Å². The number of nitrogens with one attached hydrogen (secondary N) is 1. The van der Waals surface area contributed by atoms with Crippen molar-refractivity contribution in [2.75, 3.05) is 5.32 Å². The van der Waals surface area contributed by atoms with Crippen molar-refractivity contribution in [1.29, 1.82) is 0 Å². The number of hydrogen-bond donors (Lipinski definition) is 1. The highest BCUT2D eigenvalue weighted by molar-refractivity contribution is 6.32. The van der Waals surface area contributed by atoms with Crippen LogP contribution in [0.1, 0.15) is 11.4 Å². The van der Waals surface area contributed by atoms with E-state index in [9.17, 15) is 13.2 Å². The SMILES string of the molecule is FC(F)(F)c1cc(NCc2cn(-c3ccc(Oc4ccccc4)c(Cl)c3)nn2)ccn1. The summed E-state index contributed by atoms with van der Waals surface area (Å²) in [6, 6.07) is 16.8. The third kappa shape index (κ3) is 5.13. The largest absolute Gasteiger partial charge is 0.456 e. The Labute approximate surface area is 180 Å². The molecule has 0 unspecified atom stereocenters. The van der Waals surface area contributed by atoms with E-state index in [0.29, 0.717) is 27.9 Å². The third-order valence-corrected chi connectivity index (χ3v) is 4.51. The molecular formula is C21H15ClF3N5O. The molecule has 0 aliphatic carbocycles. The fourth-order valence-corrected chi connectivity index (χ4v) is 2.94. The number of hydrogen-bond acceptors (Lipinski definition) is 5. The Hall–Kier alpha value is -3.59. The quantitative estimate of drug-likeness (QED) is 0.410. The van der Waals surface area contributed by atoms with Gasteiger partial charge in [0.2, 0.25) is 0 Å². The van der Waals surface area contributed by atoms with Crippen molar-refractivity contribution in [3.05, 3.63) is 89.5 Å². The predicted octanol–water partition coefficient (Wildman–Crippen LogP) is 5.74. The van der Waals surface area contributed by atoms with Gasteiger partial charge in [0.05, 0.1) is 23.5 Å². The van der Waals surface area contributed by atoms with Gasteiger partial charge in [-0.3, -0.25) is 4.98 Å². The van der Waals surface area contributed by atoms with E-state index >= 15 is 0 Å². The Bertz CT molecular complexity index is 1180. The summed E-state index contributed by atoms with van der Waals surface area (Å²) in [6.07, 6.45) is -1.75. The van der Waals surface area contributed by atoms with Crippen molar-refractivity contribution in [3.8, 4) is 17.2 Å². The molecule has 1 N–H and O–H groups in total. The number of rotatable bonds is 6. The minimum Gasteiger partial charge on any atom is -0.456 e. The van der Waals surface area contributed by atoms with Crippen LogP contribution in [0, 0.1) is 0 Å². The summed E-state index contributed by atoms with van der Waals surface area (Å²) in [5, 5.41) is 11.4. The maximum Gasteiger partial charge on any atom is 0.433 e. The third-order valence-electron chi connectivity index (χ3n) is 4.22. The Morgan fingerprint density at radius 2 is 1.84 bits per heavy atom. The van der Waals surface area contributed by atoms with Gasteiger partial charge in [0.15, 0.2) is 0 Å². The highest BCUT2D eigenvalue weighted by Gasteiger charge is 2.32. The highest BCUT2D eigenvalue weighted by atomic mass is 35.5. The molecule has 2 aromatic heterocycles. The number of anilines is 1.